The molecular formula is C25H27ClFN3O2. The van der Waals surface area contributed by atoms with E-state index < -0.39 is 0 Å². The quantitative estimate of drug-likeness (QED) is 0.621. The molecule has 2 aromatic carbocycles. The van der Waals surface area contributed by atoms with Gasteiger partial charge in [-0.1, -0.05) is 35.9 Å². The Balaban J connectivity index is 1.63. The maximum absolute atomic E-state index is 13.5. The first-order chi connectivity index (χ1) is 15.3. The molecule has 2 heterocycles. The lowest BCUT2D eigenvalue weighted by atomic mass is 10.00. The average Bonchev–Trinajstić information content (AvgIpc) is 3.03. The van der Waals surface area contributed by atoms with Crippen molar-refractivity contribution in [2.24, 2.45) is 0 Å². The molecule has 1 fully saturated rings. The first-order valence-electron chi connectivity index (χ1n) is 10.9. The molecule has 0 aromatic heterocycles. The van der Waals surface area contributed by atoms with Gasteiger partial charge in [0, 0.05) is 24.7 Å². The first-order valence-corrected chi connectivity index (χ1v) is 11.2. The predicted octanol–water partition coefficient (Wildman–Crippen LogP) is 3.83. The number of hydrogen-bond donors (Lipinski definition) is 0. The summed E-state index contributed by atoms with van der Waals surface area (Å²) in [5.74, 6) is -0.994. The molecule has 0 N–H and O–H groups in total. The van der Waals surface area contributed by atoms with Crippen molar-refractivity contribution in [3.8, 4) is 0 Å². The molecule has 0 bridgehead atoms. The Bertz CT molecular complexity index is 1030. The van der Waals surface area contributed by atoms with Gasteiger partial charge in [0.2, 0.25) is 0 Å². The van der Waals surface area contributed by atoms with Gasteiger partial charge in [0.25, 0.3) is 11.8 Å². The number of amides is 2. The van der Waals surface area contributed by atoms with Gasteiger partial charge in [0.15, 0.2) is 0 Å². The Morgan fingerprint density at radius 3 is 2.25 bits per heavy atom. The van der Waals surface area contributed by atoms with E-state index in [4.69, 9.17) is 11.6 Å². The standard InChI is InChI=1S/C25H27ClFN3O2/c1-28-14-12-21(13-15-28)29(2)23-22(18-5-9-20(27)10-6-18)24(31)30(25(23)32)16-11-17-3-7-19(26)8-4-17/h3-10,21H,11-16H2,1-2H3. The maximum atomic E-state index is 13.5. The van der Waals surface area contributed by atoms with Crippen LogP contribution in [0.25, 0.3) is 5.57 Å². The summed E-state index contributed by atoms with van der Waals surface area (Å²) in [6.07, 6.45) is 2.37. The summed E-state index contributed by atoms with van der Waals surface area (Å²) >= 11 is 5.96. The van der Waals surface area contributed by atoms with Crippen molar-refractivity contribution < 1.29 is 14.0 Å². The number of piperidine rings is 1. The van der Waals surface area contributed by atoms with Crippen LogP contribution in [0.3, 0.4) is 0 Å². The number of benzene rings is 2. The van der Waals surface area contributed by atoms with E-state index in [1.165, 1.54) is 17.0 Å². The fourth-order valence-corrected chi connectivity index (χ4v) is 4.55. The van der Waals surface area contributed by atoms with Crippen molar-refractivity contribution in [1.82, 2.24) is 14.7 Å². The molecule has 7 heteroatoms. The highest BCUT2D eigenvalue weighted by molar-refractivity contribution is 6.35. The lowest BCUT2D eigenvalue weighted by molar-refractivity contribution is -0.137. The largest absolute Gasteiger partial charge is 0.366 e. The van der Waals surface area contributed by atoms with E-state index in [0.717, 1.165) is 31.5 Å². The smallest absolute Gasteiger partial charge is 0.277 e. The van der Waals surface area contributed by atoms with Crippen LogP contribution in [-0.2, 0) is 16.0 Å². The highest BCUT2D eigenvalue weighted by atomic mass is 35.5. The Labute approximate surface area is 193 Å². The van der Waals surface area contributed by atoms with Gasteiger partial charge >= 0.3 is 0 Å². The third-order valence-corrected chi connectivity index (χ3v) is 6.65. The number of nitrogens with zero attached hydrogens (tertiary/aromatic N) is 3. The first kappa shape index (κ1) is 22.5. The zero-order valence-corrected chi connectivity index (χ0v) is 19.1. The molecule has 32 heavy (non-hydrogen) atoms. The summed E-state index contributed by atoms with van der Waals surface area (Å²) in [5.41, 5.74) is 2.32. The molecule has 2 amide bonds. The predicted molar refractivity (Wildman–Crippen MR) is 123 cm³/mol. The van der Waals surface area contributed by atoms with E-state index >= 15 is 0 Å². The summed E-state index contributed by atoms with van der Waals surface area (Å²) in [6.45, 7) is 2.15. The van der Waals surface area contributed by atoms with E-state index in [0.29, 0.717) is 28.3 Å². The van der Waals surface area contributed by atoms with E-state index in [9.17, 15) is 14.0 Å². The number of carbonyl (C=O) groups excluding carboxylic acids is 2. The van der Waals surface area contributed by atoms with Crippen LogP contribution in [-0.4, -0.2) is 66.3 Å². The molecule has 0 spiro atoms. The van der Waals surface area contributed by atoms with E-state index in [-0.39, 0.29) is 30.2 Å². The summed E-state index contributed by atoms with van der Waals surface area (Å²) < 4.78 is 13.5. The Morgan fingerprint density at radius 2 is 1.62 bits per heavy atom. The summed E-state index contributed by atoms with van der Waals surface area (Å²) in [7, 11) is 3.98. The van der Waals surface area contributed by atoms with Crippen molar-refractivity contribution >= 4 is 29.0 Å². The number of likely N-dealkylation sites (tertiary alicyclic amines) is 1. The van der Waals surface area contributed by atoms with E-state index in [1.807, 2.05) is 24.1 Å². The minimum absolute atomic E-state index is 0.171. The minimum Gasteiger partial charge on any atom is -0.366 e. The van der Waals surface area contributed by atoms with Crippen molar-refractivity contribution in [2.45, 2.75) is 25.3 Å². The van der Waals surface area contributed by atoms with Crippen LogP contribution in [0.5, 0.6) is 0 Å². The Hall–Kier alpha value is -2.70. The molecule has 1 saturated heterocycles. The van der Waals surface area contributed by atoms with E-state index in [1.54, 1.807) is 24.3 Å². The van der Waals surface area contributed by atoms with Crippen LogP contribution in [0.2, 0.25) is 5.02 Å². The van der Waals surface area contributed by atoms with Crippen LogP contribution < -0.4 is 0 Å². The normalized spacial score (nSPS) is 18.1. The Morgan fingerprint density at radius 1 is 1.00 bits per heavy atom. The second-order valence-electron chi connectivity index (χ2n) is 8.51. The van der Waals surface area contributed by atoms with Gasteiger partial charge in [0.05, 0.1) is 5.57 Å². The number of carbonyl (C=O) groups is 2. The lowest BCUT2D eigenvalue weighted by Crippen LogP contribution is -2.43. The number of likely N-dealkylation sites (N-methyl/N-ethyl adjacent to an activating group) is 1. The monoisotopic (exact) mass is 455 g/mol. The molecule has 2 aliphatic heterocycles. The average molecular weight is 456 g/mol. The fourth-order valence-electron chi connectivity index (χ4n) is 4.43. The van der Waals surface area contributed by atoms with Gasteiger partial charge < -0.3 is 9.80 Å². The number of imide groups is 1. The third kappa shape index (κ3) is 4.57. The molecule has 5 nitrogen and oxygen atoms in total. The number of halogens is 2. The zero-order chi connectivity index (χ0) is 22.8. The van der Waals surface area contributed by atoms with Gasteiger partial charge in [0.1, 0.15) is 11.5 Å². The number of hydrogen-bond acceptors (Lipinski definition) is 4. The molecule has 2 aromatic rings. The number of rotatable bonds is 6. The van der Waals surface area contributed by atoms with Gasteiger partial charge in [-0.05, 0) is 74.8 Å². The minimum atomic E-state index is -0.379. The van der Waals surface area contributed by atoms with Crippen LogP contribution >= 0.6 is 11.6 Å². The zero-order valence-electron chi connectivity index (χ0n) is 18.4. The molecule has 168 valence electrons. The maximum Gasteiger partial charge on any atom is 0.277 e. The van der Waals surface area contributed by atoms with Crippen LogP contribution in [0.15, 0.2) is 54.2 Å². The van der Waals surface area contributed by atoms with E-state index in [2.05, 4.69) is 11.9 Å². The van der Waals surface area contributed by atoms with Crippen molar-refractivity contribution in [1.29, 1.82) is 0 Å². The SMILES string of the molecule is CN1CCC(N(C)C2=C(c3ccc(F)cc3)C(=O)N(CCc3ccc(Cl)cc3)C2=O)CC1. The Kier molecular flexibility index (Phi) is 6.63. The molecular weight excluding hydrogens is 429 g/mol. The summed E-state index contributed by atoms with van der Waals surface area (Å²) in [5, 5.41) is 0.643. The third-order valence-electron chi connectivity index (χ3n) is 6.40. The molecule has 0 saturated carbocycles. The van der Waals surface area contributed by atoms with Gasteiger partial charge in [-0.25, -0.2) is 4.39 Å². The highest BCUT2D eigenvalue weighted by Gasteiger charge is 2.42. The second kappa shape index (κ2) is 9.43. The topological polar surface area (TPSA) is 43.9 Å². The fraction of sp³-hybridized carbons (Fsp3) is 0.360. The van der Waals surface area contributed by atoms with Crippen molar-refractivity contribution in [3.05, 3.63) is 76.2 Å². The van der Waals surface area contributed by atoms with Gasteiger partial charge in [-0.3, -0.25) is 14.5 Å². The highest BCUT2D eigenvalue weighted by Crippen LogP contribution is 2.33. The molecule has 0 atom stereocenters. The van der Waals surface area contributed by atoms with Gasteiger partial charge in [-0.15, -0.1) is 0 Å². The van der Waals surface area contributed by atoms with Crippen LogP contribution in [0.1, 0.15) is 24.0 Å². The molecule has 4 rings (SSSR count). The van der Waals surface area contributed by atoms with Crippen LogP contribution in [0, 0.1) is 5.82 Å². The molecule has 2 aliphatic rings. The van der Waals surface area contributed by atoms with Gasteiger partial charge in [-0.2, -0.15) is 0 Å². The molecule has 0 unspecified atom stereocenters. The second-order valence-corrected chi connectivity index (χ2v) is 8.95. The lowest BCUT2D eigenvalue weighted by Gasteiger charge is -2.36. The van der Waals surface area contributed by atoms with Crippen molar-refractivity contribution in [3.63, 3.8) is 0 Å². The molecule has 0 aliphatic carbocycles. The summed E-state index contributed by atoms with van der Waals surface area (Å²) in [4.78, 5) is 32.5. The summed E-state index contributed by atoms with van der Waals surface area (Å²) in [6, 6.07) is 13.3. The van der Waals surface area contributed by atoms with Crippen LogP contribution in [0.4, 0.5) is 4.39 Å². The van der Waals surface area contributed by atoms with Crippen molar-refractivity contribution in [2.75, 3.05) is 33.7 Å². The molecule has 0 radical (unpaired) electrons.